The Kier molecular flexibility index (Phi) is 4.58. The van der Waals surface area contributed by atoms with Gasteiger partial charge < -0.3 is 15.8 Å². The van der Waals surface area contributed by atoms with E-state index in [1.807, 2.05) is 12.1 Å². The minimum Gasteiger partial charge on any atom is -0.409 e. The van der Waals surface area contributed by atoms with Crippen molar-refractivity contribution in [3.05, 3.63) is 23.8 Å². The van der Waals surface area contributed by atoms with E-state index in [0.29, 0.717) is 6.04 Å². The van der Waals surface area contributed by atoms with E-state index in [1.165, 1.54) is 12.8 Å². The molecule has 1 fully saturated rings. The molecule has 2 rings (SSSR count). The Bertz CT molecular complexity index is 472. The Hall–Kier alpha value is -1.36. The maximum atomic E-state index is 9.05. The van der Waals surface area contributed by atoms with Crippen LogP contribution in [0.1, 0.15) is 32.3 Å². The number of amidine groups is 1. The minimum atomic E-state index is 0.200. The van der Waals surface area contributed by atoms with Crippen molar-refractivity contribution in [3.8, 4) is 0 Å². The molecule has 1 saturated carbocycles. The molecule has 1 aromatic carbocycles. The number of hydrogen-bond acceptors (Lipinski definition) is 4. The van der Waals surface area contributed by atoms with Crippen LogP contribution in [-0.2, 0) is 0 Å². The largest absolute Gasteiger partial charge is 0.409 e. The summed E-state index contributed by atoms with van der Waals surface area (Å²) in [7, 11) is 0. The third-order valence-electron chi connectivity index (χ3n) is 3.31. The van der Waals surface area contributed by atoms with E-state index in [2.05, 4.69) is 30.0 Å². The van der Waals surface area contributed by atoms with E-state index in [-0.39, 0.29) is 5.84 Å². The fourth-order valence-corrected chi connectivity index (χ4v) is 3.19. The number of anilines is 1. The number of oxime groups is 1. The number of nitrogens with zero attached hydrogens (tertiary/aromatic N) is 2. The fourth-order valence-electron chi connectivity index (χ4n) is 2.35. The Morgan fingerprint density at radius 2 is 2.21 bits per heavy atom. The van der Waals surface area contributed by atoms with Crippen molar-refractivity contribution in [1.29, 1.82) is 0 Å². The first-order chi connectivity index (χ1) is 9.22. The first kappa shape index (κ1) is 14.1. The van der Waals surface area contributed by atoms with Gasteiger partial charge in [0.1, 0.15) is 0 Å². The first-order valence-corrected chi connectivity index (χ1v) is 7.71. The van der Waals surface area contributed by atoms with E-state index in [4.69, 9.17) is 10.9 Å². The predicted molar refractivity (Wildman–Crippen MR) is 81.4 cm³/mol. The van der Waals surface area contributed by atoms with Crippen molar-refractivity contribution < 1.29 is 5.21 Å². The lowest BCUT2D eigenvalue weighted by Gasteiger charge is -2.26. The number of thioether (sulfide) groups is 1. The van der Waals surface area contributed by atoms with Crippen LogP contribution in [-0.4, -0.2) is 29.4 Å². The lowest BCUT2D eigenvalue weighted by atomic mass is 10.1. The SMILES string of the molecule is CCSc1cccc(N(CC)C2CC2)c1/C(N)=N/O. The second-order valence-corrected chi connectivity index (χ2v) is 5.89. The van der Waals surface area contributed by atoms with Gasteiger partial charge in [0.05, 0.1) is 5.56 Å². The molecule has 0 saturated heterocycles. The quantitative estimate of drug-likeness (QED) is 0.276. The van der Waals surface area contributed by atoms with Gasteiger partial charge in [-0.2, -0.15) is 0 Å². The van der Waals surface area contributed by atoms with Crippen LogP contribution in [0.5, 0.6) is 0 Å². The maximum absolute atomic E-state index is 9.05. The lowest BCUT2D eigenvalue weighted by molar-refractivity contribution is 0.318. The van der Waals surface area contributed by atoms with Gasteiger partial charge in [-0.05, 0) is 37.7 Å². The molecule has 0 aromatic heterocycles. The third kappa shape index (κ3) is 2.97. The van der Waals surface area contributed by atoms with E-state index in [0.717, 1.165) is 28.4 Å². The summed E-state index contributed by atoms with van der Waals surface area (Å²) in [5.41, 5.74) is 7.85. The number of hydrogen-bond donors (Lipinski definition) is 2. The highest BCUT2D eigenvalue weighted by Crippen LogP contribution is 2.36. The van der Waals surface area contributed by atoms with Crippen LogP contribution in [0.3, 0.4) is 0 Å². The van der Waals surface area contributed by atoms with Crippen molar-refractivity contribution in [3.63, 3.8) is 0 Å². The molecule has 3 N–H and O–H groups in total. The second-order valence-electron chi connectivity index (χ2n) is 4.59. The minimum absolute atomic E-state index is 0.200. The van der Waals surface area contributed by atoms with Gasteiger partial charge in [0.2, 0.25) is 0 Å². The zero-order valence-corrected chi connectivity index (χ0v) is 12.3. The van der Waals surface area contributed by atoms with E-state index >= 15 is 0 Å². The van der Waals surface area contributed by atoms with Gasteiger partial charge in [-0.1, -0.05) is 18.1 Å². The van der Waals surface area contributed by atoms with Gasteiger partial charge in [0.15, 0.2) is 5.84 Å². The van der Waals surface area contributed by atoms with E-state index in [9.17, 15) is 0 Å². The van der Waals surface area contributed by atoms with Crippen molar-refractivity contribution >= 4 is 23.3 Å². The summed E-state index contributed by atoms with van der Waals surface area (Å²) in [5, 5.41) is 12.3. The second kappa shape index (κ2) is 6.19. The molecule has 0 unspecified atom stereocenters. The van der Waals surface area contributed by atoms with Gasteiger partial charge in [0.25, 0.3) is 0 Å². The molecule has 0 atom stereocenters. The Labute approximate surface area is 118 Å². The van der Waals surface area contributed by atoms with Crippen LogP contribution in [0.2, 0.25) is 0 Å². The summed E-state index contributed by atoms with van der Waals surface area (Å²) in [4.78, 5) is 3.43. The molecule has 0 amide bonds. The smallest absolute Gasteiger partial charge is 0.173 e. The van der Waals surface area contributed by atoms with Crippen molar-refractivity contribution in [2.24, 2.45) is 10.9 Å². The summed E-state index contributed by atoms with van der Waals surface area (Å²) in [6.45, 7) is 5.19. The van der Waals surface area contributed by atoms with Crippen molar-refractivity contribution in [2.75, 3.05) is 17.2 Å². The predicted octanol–water partition coefficient (Wildman–Crippen LogP) is 2.88. The number of rotatable bonds is 6. The lowest BCUT2D eigenvalue weighted by Crippen LogP contribution is -2.29. The normalized spacial score (nSPS) is 15.6. The zero-order chi connectivity index (χ0) is 13.8. The molecule has 19 heavy (non-hydrogen) atoms. The van der Waals surface area contributed by atoms with Gasteiger partial charge in [-0.25, -0.2) is 0 Å². The molecule has 5 heteroatoms. The van der Waals surface area contributed by atoms with Crippen LogP contribution in [0.25, 0.3) is 0 Å². The molecule has 104 valence electrons. The van der Waals surface area contributed by atoms with Crippen LogP contribution in [0.15, 0.2) is 28.3 Å². The first-order valence-electron chi connectivity index (χ1n) is 6.73. The highest BCUT2D eigenvalue weighted by molar-refractivity contribution is 7.99. The molecule has 1 aliphatic rings. The molecule has 4 nitrogen and oxygen atoms in total. The van der Waals surface area contributed by atoms with Gasteiger partial charge in [-0.3, -0.25) is 0 Å². The molecule has 1 aliphatic carbocycles. The summed E-state index contributed by atoms with van der Waals surface area (Å²) in [5.74, 6) is 1.16. The van der Waals surface area contributed by atoms with Gasteiger partial charge >= 0.3 is 0 Å². The van der Waals surface area contributed by atoms with Crippen LogP contribution in [0.4, 0.5) is 5.69 Å². The maximum Gasteiger partial charge on any atom is 0.173 e. The average molecular weight is 279 g/mol. The number of nitrogens with two attached hydrogens (primary N) is 1. The molecule has 0 spiro atoms. The highest BCUT2D eigenvalue weighted by Gasteiger charge is 2.30. The van der Waals surface area contributed by atoms with E-state index in [1.54, 1.807) is 11.8 Å². The summed E-state index contributed by atoms with van der Waals surface area (Å²) in [6.07, 6.45) is 2.46. The summed E-state index contributed by atoms with van der Waals surface area (Å²) in [6, 6.07) is 6.75. The molecule has 1 aromatic rings. The van der Waals surface area contributed by atoms with Crippen LogP contribution >= 0.6 is 11.8 Å². The molecular weight excluding hydrogens is 258 g/mol. The molecule has 0 radical (unpaired) electrons. The fraction of sp³-hybridized carbons (Fsp3) is 0.500. The van der Waals surface area contributed by atoms with Crippen molar-refractivity contribution in [2.45, 2.75) is 37.6 Å². The third-order valence-corrected chi connectivity index (χ3v) is 4.25. The average Bonchev–Trinajstić information content (AvgIpc) is 3.24. The molecule has 0 aliphatic heterocycles. The zero-order valence-electron chi connectivity index (χ0n) is 11.5. The number of benzene rings is 1. The van der Waals surface area contributed by atoms with Crippen LogP contribution in [0, 0.1) is 0 Å². The standard InChI is InChI=1S/C14H21N3OS/c1-3-17(10-8-9-10)11-6-5-7-12(19-4-2)13(11)14(15)16-18/h5-7,10,18H,3-4,8-9H2,1-2H3,(H2,15,16). The van der Waals surface area contributed by atoms with Gasteiger partial charge in [0, 0.05) is 23.2 Å². The molecular formula is C14H21N3OS. The topological polar surface area (TPSA) is 61.8 Å². The van der Waals surface area contributed by atoms with Crippen molar-refractivity contribution in [1.82, 2.24) is 0 Å². The Morgan fingerprint density at radius 1 is 1.47 bits per heavy atom. The van der Waals surface area contributed by atoms with E-state index < -0.39 is 0 Å². The summed E-state index contributed by atoms with van der Waals surface area (Å²) < 4.78 is 0. The Balaban J connectivity index is 2.48. The molecule has 0 bridgehead atoms. The molecule has 0 heterocycles. The van der Waals surface area contributed by atoms with Gasteiger partial charge in [-0.15, -0.1) is 11.8 Å². The summed E-state index contributed by atoms with van der Waals surface area (Å²) >= 11 is 1.72. The van der Waals surface area contributed by atoms with Crippen LogP contribution < -0.4 is 10.6 Å². The Morgan fingerprint density at radius 3 is 2.74 bits per heavy atom. The highest BCUT2D eigenvalue weighted by atomic mass is 32.2. The monoisotopic (exact) mass is 279 g/mol.